The van der Waals surface area contributed by atoms with Crippen LogP contribution in [-0.2, 0) is 14.4 Å². The Morgan fingerprint density at radius 2 is 2.05 bits per heavy atom. The smallest absolute Gasteiger partial charge is 0.327 e. The molecule has 0 aliphatic rings. The molecule has 3 N–H and O–H groups in total. The summed E-state index contributed by atoms with van der Waals surface area (Å²) in [4.78, 5) is 32.6. The quantitative estimate of drug-likeness (QED) is 0.599. The maximum absolute atomic E-state index is 11.6. The van der Waals surface area contributed by atoms with Gasteiger partial charge in [0.15, 0.2) is 0 Å². The van der Waals surface area contributed by atoms with Crippen LogP contribution in [0.15, 0.2) is 24.3 Å². The molecule has 1 aromatic carbocycles. The summed E-state index contributed by atoms with van der Waals surface area (Å²) in [7, 11) is 0. The van der Waals surface area contributed by atoms with Gasteiger partial charge in [-0.05, 0) is 24.3 Å². The van der Waals surface area contributed by atoms with Gasteiger partial charge in [0.05, 0.1) is 17.4 Å². The van der Waals surface area contributed by atoms with Gasteiger partial charge in [-0.15, -0.1) is 11.8 Å². The number of hydrogen-bond donors (Lipinski definition) is 3. The summed E-state index contributed by atoms with van der Waals surface area (Å²) in [6.45, 7) is 0. The number of nitrogens with one attached hydrogen (secondary N) is 2. The highest BCUT2D eigenvalue weighted by Gasteiger charge is 2.16. The molecule has 0 aliphatic heterocycles. The third kappa shape index (κ3) is 5.97. The van der Waals surface area contributed by atoms with Gasteiger partial charge in [-0.3, -0.25) is 9.59 Å². The van der Waals surface area contributed by atoms with Crippen molar-refractivity contribution in [3.8, 4) is 6.07 Å². The monoisotopic (exact) mass is 307 g/mol. The number of aliphatic carboxylic acids is 1. The first-order chi connectivity index (χ1) is 10.1. The number of hydrogen-bond acceptors (Lipinski definition) is 5. The van der Waals surface area contributed by atoms with Gasteiger partial charge in [-0.1, -0.05) is 0 Å². The van der Waals surface area contributed by atoms with Crippen LogP contribution in [0, 0.1) is 11.3 Å². The fourth-order valence-electron chi connectivity index (χ4n) is 1.37. The normalized spacial score (nSPS) is 11.0. The van der Waals surface area contributed by atoms with Crippen molar-refractivity contribution in [3.63, 3.8) is 0 Å². The van der Waals surface area contributed by atoms with Gasteiger partial charge >= 0.3 is 5.97 Å². The zero-order valence-corrected chi connectivity index (χ0v) is 11.7. The molecule has 0 heterocycles. The number of nitriles is 1. The lowest BCUT2D eigenvalue weighted by atomic mass is 10.2. The number of thioether (sulfide) groups is 1. The number of carboxylic acids is 1. The molecule has 1 rings (SSSR count). The van der Waals surface area contributed by atoms with E-state index in [1.807, 2.05) is 6.07 Å². The number of carbonyl (C=O) groups is 3. The Bertz CT molecular complexity index is 554. The summed E-state index contributed by atoms with van der Waals surface area (Å²) >= 11 is 1.10. The number of carboxylic acid groups (broad SMARTS) is 1. The number of benzene rings is 1. The van der Waals surface area contributed by atoms with E-state index in [1.54, 1.807) is 24.3 Å². The van der Waals surface area contributed by atoms with E-state index >= 15 is 0 Å². The van der Waals surface area contributed by atoms with Crippen LogP contribution in [0.2, 0.25) is 0 Å². The molecule has 8 heteroatoms. The van der Waals surface area contributed by atoms with Crippen molar-refractivity contribution in [3.05, 3.63) is 29.8 Å². The molecule has 1 unspecified atom stereocenters. The number of nitrogens with zero attached hydrogens (tertiary/aromatic N) is 1. The van der Waals surface area contributed by atoms with Crippen molar-refractivity contribution in [1.82, 2.24) is 5.32 Å². The van der Waals surface area contributed by atoms with Crippen LogP contribution >= 0.6 is 11.8 Å². The molecule has 21 heavy (non-hydrogen) atoms. The highest BCUT2D eigenvalue weighted by molar-refractivity contribution is 8.00. The summed E-state index contributed by atoms with van der Waals surface area (Å²) in [5, 5.41) is 22.2. The zero-order valence-electron chi connectivity index (χ0n) is 10.9. The molecule has 0 aliphatic carbocycles. The molecule has 0 bridgehead atoms. The van der Waals surface area contributed by atoms with Crippen LogP contribution in [0.25, 0.3) is 0 Å². The van der Waals surface area contributed by atoms with E-state index in [0.717, 1.165) is 11.8 Å². The fraction of sp³-hybridized carbons (Fsp3) is 0.231. The van der Waals surface area contributed by atoms with E-state index in [1.165, 1.54) is 0 Å². The topological polar surface area (TPSA) is 119 Å². The van der Waals surface area contributed by atoms with E-state index < -0.39 is 12.0 Å². The van der Waals surface area contributed by atoms with E-state index in [9.17, 15) is 14.4 Å². The molecule has 1 aromatic rings. The Kier molecular flexibility index (Phi) is 6.77. The molecule has 0 aromatic heterocycles. The highest BCUT2D eigenvalue weighted by atomic mass is 32.2. The summed E-state index contributed by atoms with van der Waals surface area (Å²) in [6, 6.07) is 7.32. The standard InChI is InChI=1S/C13H13N3O4S/c14-5-9-1-3-10(4-2-9)16-12(18)7-21-6-11(13(19)20)15-8-17/h1-4,8,11H,6-7H2,(H,15,17)(H,16,18)(H,19,20). The van der Waals surface area contributed by atoms with Gasteiger partial charge in [-0.25, -0.2) is 4.79 Å². The van der Waals surface area contributed by atoms with E-state index in [-0.39, 0.29) is 17.4 Å². The number of anilines is 1. The Morgan fingerprint density at radius 1 is 1.38 bits per heavy atom. The maximum atomic E-state index is 11.6. The van der Waals surface area contributed by atoms with Gasteiger partial charge < -0.3 is 15.7 Å². The number of rotatable bonds is 8. The van der Waals surface area contributed by atoms with Crippen LogP contribution in [0.1, 0.15) is 5.56 Å². The largest absolute Gasteiger partial charge is 0.480 e. The molecule has 7 nitrogen and oxygen atoms in total. The minimum Gasteiger partial charge on any atom is -0.480 e. The zero-order chi connectivity index (χ0) is 15.7. The van der Waals surface area contributed by atoms with Crippen LogP contribution in [0.3, 0.4) is 0 Å². The second-order valence-corrected chi connectivity index (χ2v) is 4.96. The lowest BCUT2D eigenvalue weighted by Crippen LogP contribution is -2.38. The maximum Gasteiger partial charge on any atom is 0.327 e. The Labute approximate surface area is 125 Å². The second-order valence-electron chi connectivity index (χ2n) is 3.93. The predicted molar refractivity (Wildman–Crippen MR) is 77.7 cm³/mol. The SMILES string of the molecule is N#Cc1ccc(NC(=O)CSCC(NC=O)C(=O)O)cc1. The highest BCUT2D eigenvalue weighted by Crippen LogP contribution is 2.10. The van der Waals surface area contributed by atoms with Gasteiger partial charge in [0, 0.05) is 11.4 Å². The first kappa shape index (κ1) is 16.5. The van der Waals surface area contributed by atoms with Crippen molar-refractivity contribution < 1.29 is 19.5 Å². The van der Waals surface area contributed by atoms with Gasteiger partial charge in [0.25, 0.3) is 0 Å². The average Bonchev–Trinajstić information content (AvgIpc) is 2.47. The van der Waals surface area contributed by atoms with E-state index in [0.29, 0.717) is 17.7 Å². The fourth-order valence-corrected chi connectivity index (χ4v) is 2.22. The van der Waals surface area contributed by atoms with Crippen LogP contribution in [0.4, 0.5) is 5.69 Å². The minimum atomic E-state index is -1.15. The predicted octanol–water partition coefficient (Wildman–Crippen LogP) is 0.429. The molecular weight excluding hydrogens is 294 g/mol. The molecule has 0 saturated carbocycles. The van der Waals surface area contributed by atoms with Crippen LogP contribution in [0.5, 0.6) is 0 Å². The van der Waals surface area contributed by atoms with E-state index in [4.69, 9.17) is 10.4 Å². The van der Waals surface area contributed by atoms with Crippen LogP contribution < -0.4 is 10.6 Å². The van der Waals surface area contributed by atoms with Crippen molar-refractivity contribution in [2.24, 2.45) is 0 Å². The summed E-state index contributed by atoms with van der Waals surface area (Å²) < 4.78 is 0. The molecule has 0 spiro atoms. The van der Waals surface area contributed by atoms with Crippen molar-refractivity contribution in [1.29, 1.82) is 5.26 Å². The minimum absolute atomic E-state index is 0.0598. The lowest BCUT2D eigenvalue weighted by Gasteiger charge is -2.10. The van der Waals surface area contributed by atoms with Crippen molar-refractivity contribution in [2.45, 2.75) is 6.04 Å². The van der Waals surface area contributed by atoms with E-state index in [2.05, 4.69) is 10.6 Å². The molecular formula is C13H13N3O4S. The summed E-state index contributed by atoms with van der Waals surface area (Å²) in [5.74, 6) is -1.29. The molecule has 0 radical (unpaired) electrons. The lowest BCUT2D eigenvalue weighted by molar-refractivity contribution is -0.139. The van der Waals surface area contributed by atoms with Crippen LogP contribution in [-0.4, -0.2) is 40.9 Å². The molecule has 1 atom stereocenters. The number of amides is 2. The van der Waals surface area contributed by atoms with Gasteiger partial charge in [0.2, 0.25) is 12.3 Å². The average molecular weight is 307 g/mol. The van der Waals surface area contributed by atoms with Crippen molar-refractivity contribution >= 4 is 35.7 Å². The third-order valence-electron chi connectivity index (χ3n) is 2.38. The first-order valence-corrected chi connectivity index (χ1v) is 7.02. The molecule has 0 fully saturated rings. The third-order valence-corrected chi connectivity index (χ3v) is 3.42. The van der Waals surface area contributed by atoms with Gasteiger partial charge in [0.1, 0.15) is 6.04 Å². The molecule has 110 valence electrons. The molecule has 0 saturated heterocycles. The van der Waals surface area contributed by atoms with Gasteiger partial charge in [-0.2, -0.15) is 5.26 Å². The summed E-state index contributed by atoms with van der Waals surface area (Å²) in [6.07, 6.45) is 0.316. The molecule has 2 amide bonds. The Hall–Kier alpha value is -2.53. The Balaban J connectivity index is 2.38. The number of carbonyl (C=O) groups excluding carboxylic acids is 2. The second kappa shape index (κ2) is 8.60. The first-order valence-electron chi connectivity index (χ1n) is 5.87. The van der Waals surface area contributed by atoms with Crippen molar-refractivity contribution in [2.75, 3.05) is 16.8 Å². The Morgan fingerprint density at radius 3 is 2.57 bits per heavy atom. The summed E-state index contributed by atoms with van der Waals surface area (Å²) in [5.41, 5.74) is 1.05.